The molecule has 6 heteroatoms. The molecule has 0 saturated carbocycles. The summed E-state index contributed by atoms with van der Waals surface area (Å²) in [5.74, 6) is 0. The van der Waals surface area contributed by atoms with Gasteiger partial charge in [-0.05, 0) is 22.9 Å². The van der Waals surface area contributed by atoms with E-state index in [-0.39, 0.29) is 25.2 Å². The molecule has 1 saturated heterocycles. The van der Waals surface area contributed by atoms with Crippen LogP contribution in [-0.4, -0.2) is 33.0 Å². The largest absolute Gasteiger partial charge is 0.339 e. The van der Waals surface area contributed by atoms with Gasteiger partial charge >= 0.3 is 0 Å². The van der Waals surface area contributed by atoms with Gasteiger partial charge in [0.2, 0.25) is 10.0 Å². The van der Waals surface area contributed by atoms with Gasteiger partial charge in [0.25, 0.3) is 0 Å². The minimum Gasteiger partial charge on any atom is -0.339 e. The van der Waals surface area contributed by atoms with E-state index in [0.717, 1.165) is 10.8 Å². The topological polar surface area (TPSA) is 55.8 Å². The Morgan fingerprint density at radius 1 is 0.947 bits per heavy atom. The van der Waals surface area contributed by atoms with Crippen molar-refractivity contribution in [2.45, 2.75) is 4.90 Å². The molecule has 0 spiro atoms. The molecule has 1 heterocycles. The van der Waals surface area contributed by atoms with Gasteiger partial charge in [0.05, 0.1) is 4.90 Å². The standard InChI is InChI=1S/C13H13NO4S/c15-19(16,14-8-17-10-18-9-14)13-6-5-11-3-1-2-4-12(11)7-13/h1-7H,8-10H2. The van der Waals surface area contributed by atoms with Gasteiger partial charge < -0.3 is 9.47 Å². The summed E-state index contributed by atoms with van der Waals surface area (Å²) in [5.41, 5.74) is 0. The quantitative estimate of drug-likeness (QED) is 0.840. The van der Waals surface area contributed by atoms with E-state index in [1.807, 2.05) is 24.3 Å². The highest BCUT2D eigenvalue weighted by molar-refractivity contribution is 7.89. The SMILES string of the molecule is O=S(=O)(c1ccc2ccccc2c1)N1COCOC1. The van der Waals surface area contributed by atoms with Crippen molar-refractivity contribution in [2.75, 3.05) is 20.3 Å². The van der Waals surface area contributed by atoms with Gasteiger partial charge in [-0.3, -0.25) is 0 Å². The average molecular weight is 279 g/mol. The molecule has 0 amide bonds. The molecule has 1 fully saturated rings. The number of benzene rings is 2. The first-order valence-electron chi connectivity index (χ1n) is 5.82. The minimum atomic E-state index is -3.57. The fourth-order valence-corrected chi connectivity index (χ4v) is 3.23. The van der Waals surface area contributed by atoms with Gasteiger partial charge in [-0.1, -0.05) is 30.3 Å². The number of ether oxygens (including phenoxy) is 2. The van der Waals surface area contributed by atoms with Crippen LogP contribution >= 0.6 is 0 Å². The maximum atomic E-state index is 12.4. The van der Waals surface area contributed by atoms with Crippen molar-refractivity contribution in [3.8, 4) is 0 Å². The molecule has 19 heavy (non-hydrogen) atoms. The first kappa shape index (κ1) is 12.6. The third kappa shape index (κ3) is 2.35. The zero-order valence-corrected chi connectivity index (χ0v) is 11.0. The first-order chi connectivity index (χ1) is 9.18. The van der Waals surface area contributed by atoms with E-state index < -0.39 is 10.0 Å². The molecule has 1 aliphatic rings. The van der Waals surface area contributed by atoms with Crippen molar-refractivity contribution in [1.29, 1.82) is 0 Å². The molecule has 5 nitrogen and oxygen atoms in total. The lowest BCUT2D eigenvalue weighted by atomic mass is 10.1. The van der Waals surface area contributed by atoms with E-state index in [0.29, 0.717) is 0 Å². The van der Waals surface area contributed by atoms with E-state index in [2.05, 4.69) is 0 Å². The number of hydrogen-bond donors (Lipinski definition) is 0. The molecule has 0 aromatic heterocycles. The van der Waals surface area contributed by atoms with Gasteiger partial charge in [0.15, 0.2) is 0 Å². The van der Waals surface area contributed by atoms with E-state index >= 15 is 0 Å². The van der Waals surface area contributed by atoms with Gasteiger partial charge in [0, 0.05) is 0 Å². The van der Waals surface area contributed by atoms with Gasteiger partial charge in [0.1, 0.15) is 20.3 Å². The van der Waals surface area contributed by atoms with Crippen LogP contribution in [0.4, 0.5) is 0 Å². The average Bonchev–Trinajstić information content (AvgIpc) is 2.47. The summed E-state index contributed by atoms with van der Waals surface area (Å²) >= 11 is 0. The lowest BCUT2D eigenvalue weighted by Gasteiger charge is -2.25. The Hall–Kier alpha value is -1.47. The highest BCUT2D eigenvalue weighted by Crippen LogP contribution is 2.22. The molecular formula is C13H13NO4S. The fourth-order valence-electron chi connectivity index (χ4n) is 1.99. The number of sulfonamides is 1. The summed E-state index contributed by atoms with van der Waals surface area (Å²) in [5, 5.41) is 1.90. The van der Waals surface area contributed by atoms with E-state index in [1.54, 1.807) is 18.2 Å². The van der Waals surface area contributed by atoms with Crippen LogP contribution in [-0.2, 0) is 19.5 Å². The molecule has 0 atom stereocenters. The number of fused-ring (bicyclic) bond motifs is 1. The Morgan fingerprint density at radius 2 is 1.63 bits per heavy atom. The summed E-state index contributed by atoms with van der Waals surface area (Å²) in [4.78, 5) is 0.250. The second-order valence-corrected chi connectivity index (χ2v) is 6.19. The second kappa shape index (κ2) is 4.90. The second-order valence-electron chi connectivity index (χ2n) is 4.25. The van der Waals surface area contributed by atoms with Crippen molar-refractivity contribution < 1.29 is 17.9 Å². The van der Waals surface area contributed by atoms with E-state index in [1.165, 1.54) is 4.31 Å². The molecule has 0 radical (unpaired) electrons. The monoisotopic (exact) mass is 279 g/mol. The Morgan fingerprint density at radius 3 is 2.37 bits per heavy atom. The van der Waals surface area contributed by atoms with Crippen LogP contribution in [0, 0.1) is 0 Å². The Labute approximate surface area is 111 Å². The van der Waals surface area contributed by atoms with E-state index in [4.69, 9.17) is 9.47 Å². The van der Waals surface area contributed by atoms with Crippen LogP contribution in [0.25, 0.3) is 10.8 Å². The van der Waals surface area contributed by atoms with E-state index in [9.17, 15) is 8.42 Å². The van der Waals surface area contributed by atoms with Crippen LogP contribution in [0.1, 0.15) is 0 Å². The Bertz CT molecular complexity index is 693. The molecule has 0 bridgehead atoms. The van der Waals surface area contributed by atoms with Crippen molar-refractivity contribution in [3.63, 3.8) is 0 Å². The Kier molecular flexibility index (Phi) is 3.24. The predicted molar refractivity (Wildman–Crippen MR) is 69.7 cm³/mol. The normalized spacial score (nSPS) is 17.7. The minimum absolute atomic E-state index is 0.0230. The summed E-state index contributed by atoms with van der Waals surface area (Å²) in [6.45, 7) is 0.175. The molecule has 100 valence electrons. The van der Waals surface area contributed by atoms with Crippen molar-refractivity contribution in [1.82, 2.24) is 4.31 Å². The fraction of sp³-hybridized carbons (Fsp3) is 0.231. The van der Waals surface area contributed by atoms with Crippen molar-refractivity contribution in [3.05, 3.63) is 42.5 Å². The van der Waals surface area contributed by atoms with Crippen molar-refractivity contribution in [2.24, 2.45) is 0 Å². The molecule has 1 aliphatic heterocycles. The summed E-state index contributed by atoms with van der Waals surface area (Å²) in [6.07, 6.45) is 0. The number of rotatable bonds is 2. The molecule has 0 unspecified atom stereocenters. The van der Waals surface area contributed by atoms with Crippen molar-refractivity contribution >= 4 is 20.8 Å². The lowest BCUT2D eigenvalue weighted by molar-refractivity contribution is -0.153. The number of nitrogens with zero attached hydrogens (tertiary/aromatic N) is 1. The van der Waals surface area contributed by atoms with Crippen LogP contribution in [0.2, 0.25) is 0 Å². The maximum absolute atomic E-state index is 12.4. The lowest BCUT2D eigenvalue weighted by Crippen LogP contribution is -2.39. The molecular weight excluding hydrogens is 266 g/mol. The first-order valence-corrected chi connectivity index (χ1v) is 7.26. The van der Waals surface area contributed by atoms with Gasteiger partial charge in [-0.2, -0.15) is 0 Å². The van der Waals surface area contributed by atoms with Crippen LogP contribution in [0.15, 0.2) is 47.4 Å². The summed E-state index contributed by atoms with van der Waals surface area (Å²) in [7, 11) is -3.57. The van der Waals surface area contributed by atoms with Crippen LogP contribution < -0.4 is 0 Å². The molecule has 0 aliphatic carbocycles. The summed E-state index contributed by atoms with van der Waals surface area (Å²) < 4.78 is 36.0. The molecule has 2 aromatic carbocycles. The molecule has 0 N–H and O–H groups in total. The number of hydrogen-bond acceptors (Lipinski definition) is 4. The van der Waals surface area contributed by atoms with Crippen LogP contribution in [0.3, 0.4) is 0 Å². The Balaban J connectivity index is 2.02. The zero-order valence-electron chi connectivity index (χ0n) is 10.2. The van der Waals surface area contributed by atoms with Crippen LogP contribution in [0.5, 0.6) is 0 Å². The zero-order chi connectivity index (χ0) is 13.3. The molecule has 2 aromatic rings. The third-order valence-corrected chi connectivity index (χ3v) is 4.74. The highest BCUT2D eigenvalue weighted by atomic mass is 32.2. The predicted octanol–water partition coefficient (Wildman–Crippen LogP) is 1.75. The highest BCUT2D eigenvalue weighted by Gasteiger charge is 2.27. The summed E-state index contributed by atoms with van der Waals surface area (Å²) in [6, 6.07) is 12.7. The van der Waals surface area contributed by atoms with Gasteiger partial charge in [-0.25, -0.2) is 8.42 Å². The third-order valence-electron chi connectivity index (χ3n) is 3.00. The van der Waals surface area contributed by atoms with Gasteiger partial charge in [-0.15, -0.1) is 4.31 Å². The maximum Gasteiger partial charge on any atom is 0.247 e. The molecule has 3 rings (SSSR count). The smallest absolute Gasteiger partial charge is 0.247 e.